The van der Waals surface area contributed by atoms with Crippen LogP contribution >= 0.6 is 35.3 Å². The molecule has 0 spiro atoms. The van der Waals surface area contributed by atoms with Gasteiger partial charge in [-0.25, -0.2) is 9.97 Å². The Morgan fingerprint density at radius 3 is 2.80 bits per heavy atom. The second-order valence-corrected chi connectivity index (χ2v) is 7.56. The fourth-order valence-electron chi connectivity index (χ4n) is 2.48. The van der Waals surface area contributed by atoms with E-state index in [1.54, 1.807) is 30.7 Å². The monoisotopic (exact) mass is 546 g/mol. The van der Waals surface area contributed by atoms with Crippen LogP contribution in [0.3, 0.4) is 0 Å². The third-order valence-corrected chi connectivity index (χ3v) is 5.20. The fraction of sp³-hybridized carbons (Fsp3) is 0.500. The molecule has 2 N–H and O–H groups in total. The molecule has 0 saturated carbocycles. The first kappa shape index (κ1) is 26.2. The lowest BCUT2D eigenvalue weighted by Gasteiger charge is -2.21. The van der Waals surface area contributed by atoms with Gasteiger partial charge in [-0.3, -0.25) is 9.79 Å². The summed E-state index contributed by atoms with van der Waals surface area (Å²) in [5, 5.41) is 9.04. The highest BCUT2D eigenvalue weighted by atomic mass is 127. The van der Waals surface area contributed by atoms with E-state index >= 15 is 0 Å². The second kappa shape index (κ2) is 13.5. The van der Waals surface area contributed by atoms with Gasteiger partial charge in [0.25, 0.3) is 0 Å². The Labute approximate surface area is 199 Å². The van der Waals surface area contributed by atoms with Crippen molar-refractivity contribution in [2.24, 2.45) is 4.99 Å². The standard InChI is InChI=1S/C20H30N6O2S.HI/c1-6-21-20(26(4)12-16-13-29-19(24-16)15(3)28-5)22-10-9-18(27)25-17-8-7-14(2)11-23-17;/h7-8,11,13,15H,6,9-10,12H2,1-5H3,(H,21,22)(H,23,25,27);1H. The van der Waals surface area contributed by atoms with E-state index in [1.165, 1.54) is 0 Å². The Bertz CT molecular complexity index is 812. The number of hydrogen-bond acceptors (Lipinski definition) is 6. The van der Waals surface area contributed by atoms with Gasteiger partial charge in [-0.15, -0.1) is 35.3 Å². The molecule has 0 fully saturated rings. The summed E-state index contributed by atoms with van der Waals surface area (Å²) in [5.41, 5.74) is 2.01. The molecular weight excluding hydrogens is 515 g/mol. The predicted molar refractivity (Wildman–Crippen MR) is 133 cm³/mol. The average molecular weight is 546 g/mol. The lowest BCUT2D eigenvalue weighted by atomic mass is 10.3. The van der Waals surface area contributed by atoms with Crippen LogP contribution in [0.4, 0.5) is 5.82 Å². The van der Waals surface area contributed by atoms with Gasteiger partial charge >= 0.3 is 0 Å². The minimum atomic E-state index is -0.110. The van der Waals surface area contributed by atoms with E-state index in [9.17, 15) is 4.79 Å². The first-order valence-electron chi connectivity index (χ1n) is 9.62. The number of nitrogens with one attached hydrogen (secondary N) is 2. The number of thiazole rings is 1. The minimum Gasteiger partial charge on any atom is -0.375 e. The number of methoxy groups -OCH3 is 1. The Balaban J connectivity index is 0.00000450. The van der Waals surface area contributed by atoms with Crippen LogP contribution < -0.4 is 10.6 Å². The number of ether oxygens (including phenoxy) is 1. The maximum Gasteiger partial charge on any atom is 0.227 e. The van der Waals surface area contributed by atoms with Gasteiger partial charge in [0.05, 0.1) is 18.8 Å². The number of rotatable bonds is 9. The first-order valence-corrected chi connectivity index (χ1v) is 10.5. The Kier molecular flexibility index (Phi) is 11.8. The summed E-state index contributed by atoms with van der Waals surface area (Å²) >= 11 is 1.59. The topological polar surface area (TPSA) is 91.7 Å². The second-order valence-electron chi connectivity index (χ2n) is 6.67. The number of anilines is 1. The summed E-state index contributed by atoms with van der Waals surface area (Å²) < 4.78 is 5.32. The molecule has 1 amide bonds. The number of pyridine rings is 1. The molecule has 1 atom stereocenters. The molecule has 2 heterocycles. The van der Waals surface area contributed by atoms with Crippen LogP contribution in [0.25, 0.3) is 0 Å². The fourth-order valence-corrected chi connectivity index (χ4v) is 3.32. The molecular formula is C20H31IN6O2S. The largest absolute Gasteiger partial charge is 0.375 e. The zero-order chi connectivity index (χ0) is 21.2. The molecule has 0 saturated heterocycles. The SMILES string of the molecule is CCNC(=NCCC(=O)Nc1ccc(C)cn1)N(C)Cc1csc(C(C)OC)n1.I. The molecule has 2 aromatic heterocycles. The highest BCUT2D eigenvalue weighted by molar-refractivity contribution is 14.0. The third kappa shape index (κ3) is 8.52. The molecule has 0 aromatic carbocycles. The summed E-state index contributed by atoms with van der Waals surface area (Å²) in [5.74, 6) is 1.18. The number of carbonyl (C=O) groups excluding carboxylic acids is 1. The van der Waals surface area contributed by atoms with Gasteiger partial charge in [0.15, 0.2) is 5.96 Å². The maximum absolute atomic E-state index is 12.1. The van der Waals surface area contributed by atoms with Crippen molar-refractivity contribution in [1.82, 2.24) is 20.2 Å². The van der Waals surface area contributed by atoms with Crippen molar-refractivity contribution in [3.8, 4) is 0 Å². The summed E-state index contributed by atoms with van der Waals surface area (Å²) in [7, 11) is 3.63. The predicted octanol–water partition coefficient (Wildman–Crippen LogP) is 3.60. The van der Waals surface area contributed by atoms with Gasteiger partial charge in [-0.05, 0) is 32.4 Å². The normalized spacial score (nSPS) is 12.1. The Morgan fingerprint density at radius 1 is 1.40 bits per heavy atom. The summed E-state index contributed by atoms with van der Waals surface area (Å²) in [6.07, 6.45) is 2.00. The molecule has 2 aromatic rings. The number of amides is 1. The van der Waals surface area contributed by atoms with Crippen molar-refractivity contribution in [3.05, 3.63) is 40.0 Å². The van der Waals surface area contributed by atoms with Crippen LogP contribution in [0, 0.1) is 6.92 Å². The molecule has 0 aliphatic rings. The highest BCUT2D eigenvalue weighted by Crippen LogP contribution is 2.20. The van der Waals surface area contributed by atoms with Gasteiger partial charge in [0, 0.05) is 38.7 Å². The van der Waals surface area contributed by atoms with Crippen molar-refractivity contribution < 1.29 is 9.53 Å². The number of guanidine groups is 1. The first-order chi connectivity index (χ1) is 13.9. The zero-order valence-electron chi connectivity index (χ0n) is 18.1. The molecule has 0 bridgehead atoms. The van der Waals surface area contributed by atoms with Crippen LogP contribution in [0.2, 0.25) is 0 Å². The number of aromatic nitrogens is 2. The molecule has 2 rings (SSSR count). The number of halogens is 1. The van der Waals surface area contributed by atoms with Crippen LogP contribution in [-0.2, 0) is 16.1 Å². The number of hydrogen-bond donors (Lipinski definition) is 2. The number of nitrogens with zero attached hydrogens (tertiary/aromatic N) is 4. The Morgan fingerprint density at radius 2 is 2.17 bits per heavy atom. The van der Waals surface area contributed by atoms with Crippen molar-refractivity contribution in [2.45, 2.75) is 39.8 Å². The molecule has 1 unspecified atom stereocenters. The minimum absolute atomic E-state index is 0. The van der Waals surface area contributed by atoms with Crippen molar-refractivity contribution >= 4 is 53.0 Å². The van der Waals surface area contributed by atoms with Gasteiger partial charge in [0.1, 0.15) is 16.9 Å². The van der Waals surface area contributed by atoms with Crippen molar-refractivity contribution in [3.63, 3.8) is 0 Å². The lowest BCUT2D eigenvalue weighted by Crippen LogP contribution is -2.38. The van der Waals surface area contributed by atoms with E-state index in [2.05, 4.69) is 25.6 Å². The van der Waals surface area contributed by atoms with Gasteiger partial charge in [0.2, 0.25) is 5.91 Å². The van der Waals surface area contributed by atoms with Crippen LogP contribution in [0.1, 0.15) is 42.6 Å². The summed E-state index contributed by atoms with van der Waals surface area (Å²) in [6, 6.07) is 3.71. The number of aliphatic imine (C=N–C) groups is 1. The highest BCUT2D eigenvalue weighted by Gasteiger charge is 2.13. The van der Waals surface area contributed by atoms with Gasteiger partial charge < -0.3 is 20.3 Å². The zero-order valence-corrected chi connectivity index (χ0v) is 21.3. The number of aryl methyl sites for hydroxylation is 1. The summed E-state index contributed by atoms with van der Waals surface area (Å²) in [6.45, 7) is 7.70. The lowest BCUT2D eigenvalue weighted by molar-refractivity contribution is -0.116. The van der Waals surface area contributed by atoms with Crippen LogP contribution in [0.15, 0.2) is 28.7 Å². The van der Waals surface area contributed by atoms with Gasteiger partial charge in [-0.1, -0.05) is 6.07 Å². The molecule has 10 heteroatoms. The van der Waals surface area contributed by atoms with E-state index in [-0.39, 0.29) is 42.4 Å². The molecule has 0 radical (unpaired) electrons. The molecule has 166 valence electrons. The molecule has 30 heavy (non-hydrogen) atoms. The smallest absolute Gasteiger partial charge is 0.227 e. The van der Waals surface area contributed by atoms with Crippen LogP contribution in [-0.4, -0.2) is 54.0 Å². The van der Waals surface area contributed by atoms with E-state index < -0.39 is 0 Å². The average Bonchev–Trinajstić information content (AvgIpc) is 3.17. The molecule has 0 aliphatic heterocycles. The molecule has 0 aliphatic carbocycles. The summed E-state index contributed by atoms with van der Waals surface area (Å²) in [4.78, 5) is 27.5. The number of carbonyl (C=O) groups is 1. The van der Waals surface area contributed by atoms with E-state index in [1.807, 2.05) is 44.2 Å². The maximum atomic E-state index is 12.1. The van der Waals surface area contributed by atoms with Crippen molar-refractivity contribution in [1.29, 1.82) is 0 Å². The van der Waals surface area contributed by atoms with Crippen LogP contribution in [0.5, 0.6) is 0 Å². The van der Waals surface area contributed by atoms with Crippen molar-refractivity contribution in [2.75, 3.05) is 32.6 Å². The van der Waals surface area contributed by atoms with E-state index in [0.29, 0.717) is 18.9 Å². The quantitative estimate of drug-likeness (QED) is 0.284. The molecule has 8 nitrogen and oxygen atoms in total. The van der Waals surface area contributed by atoms with E-state index in [0.717, 1.165) is 28.8 Å². The van der Waals surface area contributed by atoms with Gasteiger partial charge in [-0.2, -0.15) is 0 Å². The van der Waals surface area contributed by atoms with E-state index in [4.69, 9.17) is 4.74 Å². The third-order valence-electron chi connectivity index (χ3n) is 4.15. The Hall–Kier alpha value is -1.79.